The summed E-state index contributed by atoms with van der Waals surface area (Å²) in [5.41, 5.74) is 1.72. The Balaban J connectivity index is 1.65. The van der Waals surface area contributed by atoms with Gasteiger partial charge in [0, 0.05) is 18.6 Å². The lowest BCUT2D eigenvalue weighted by molar-refractivity contribution is -0.118. The lowest BCUT2D eigenvalue weighted by Gasteiger charge is -2.10. The van der Waals surface area contributed by atoms with E-state index < -0.39 is 0 Å². The number of nitrogens with zero attached hydrogens (tertiary/aromatic N) is 3. The molecule has 2 heterocycles. The number of rotatable bonds is 5. The number of benzene rings is 1. The third kappa shape index (κ3) is 3.74. The Hall–Kier alpha value is -3.15. The first kappa shape index (κ1) is 14.8. The molecule has 1 amide bonds. The van der Waals surface area contributed by atoms with Crippen molar-refractivity contribution in [1.29, 1.82) is 0 Å². The molecule has 0 spiro atoms. The van der Waals surface area contributed by atoms with Crippen LogP contribution in [0.15, 0.2) is 61.1 Å². The van der Waals surface area contributed by atoms with Crippen LogP contribution in [0.1, 0.15) is 5.56 Å². The molecule has 2 aromatic heterocycles. The fraction of sp³-hybridized carbons (Fsp3) is 0.118. The summed E-state index contributed by atoms with van der Waals surface area (Å²) in [7, 11) is 0. The Labute approximate surface area is 133 Å². The molecule has 1 aromatic carbocycles. The summed E-state index contributed by atoms with van der Waals surface area (Å²) in [5, 5.41) is 6.92. The molecule has 0 atom stereocenters. The van der Waals surface area contributed by atoms with Gasteiger partial charge < -0.3 is 10.1 Å². The highest BCUT2D eigenvalue weighted by Gasteiger charge is 2.10. The maximum absolute atomic E-state index is 12.1. The van der Waals surface area contributed by atoms with Crippen molar-refractivity contribution in [2.24, 2.45) is 0 Å². The van der Waals surface area contributed by atoms with Gasteiger partial charge in [-0.3, -0.25) is 4.79 Å². The minimum absolute atomic E-state index is 0.0729. The molecule has 0 radical (unpaired) electrons. The number of aryl methyl sites for hydroxylation is 1. The number of carbonyl (C=O) groups excluding carboxylic acids is 1. The Bertz CT molecular complexity index is 783. The molecule has 0 saturated heterocycles. The SMILES string of the molecule is Cc1ccc(OCC(=O)Nc2cccnc2-n2cccn2)cc1. The summed E-state index contributed by atoms with van der Waals surface area (Å²) in [6.45, 7) is 1.92. The summed E-state index contributed by atoms with van der Waals surface area (Å²) < 4.78 is 7.06. The summed E-state index contributed by atoms with van der Waals surface area (Å²) in [5.74, 6) is 0.956. The molecule has 1 N–H and O–H groups in total. The second-order valence-electron chi connectivity index (χ2n) is 4.98. The van der Waals surface area contributed by atoms with Crippen LogP contribution in [0.2, 0.25) is 0 Å². The van der Waals surface area contributed by atoms with Crippen molar-refractivity contribution in [3.63, 3.8) is 0 Å². The molecule has 6 nitrogen and oxygen atoms in total. The van der Waals surface area contributed by atoms with E-state index in [-0.39, 0.29) is 12.5 Å². The molecule has 0 bridgehead atoms. The van der Waals surface area contributed by atoms with E-state index in [1.165, 1.54) is 0 Å². The zero-order valence-corrected chi connectivity index (χ0v) is 12.6. The number of aromatic nitrogens is 3. The number of ether oxygens (including phenoxy) is 1. The number of pyridine rings is 1. The van der Waals surface area contributed by atoms with Crippen LogP contribution in [0, 0.1) is 6.92 Å². The van der Waals surface area contributed by atoms with E-state index in [1.54, 1.807) is 41.5 Å². The van der Waals surface area contributed by atoms with E-state index in [0.717, 1.165) is 5.56 Å². The van der Waals surface area contributed by atoms with Gasteiger partial charge in [0.25, 0.3) is 5.91 Å². The summed E-state index contributed by atoms with van der Waals surface area (Å²) in [4.78, 5) is 16.3. The number of nitrogens with one attached hydrogen (secondary N) is 1. The van der Waals surface area contributed by atoms with Gasteiger partial charge in [0.05, 0.1) is 5.69 Å². The largest absolute Gasteiger partial charge is 0.484 e. The van der Waals surface area contributed by atoms with Crippen LogP contribution in [0.3, 0.4) is 0 Å². The first-order valence-corrected chi connectivity index (χ1v) is 7.17. The number of hydrogen-bond acceptors (Lipinski definition) is 4. The molecule has 3 aromatic rings. The normalized spacial score (nSPS) is 10.3. The van der Waals surface area contributed by atoms with Crippen LogP contribution in [0.25, 0.3) is 5.82 Å². The first-order valence-electron chi connectivity index (χ1n) is 7.17. The van der Waals surface area contributed by atoms with Crippen LogP contribution >= 0.6 is 0 Å². The van der Waals surface area contributed by atoms with Crippen molar-refractivity contribution in [1.82, 2.24) is 14.8 Å². The van der Waals surface area contributed by atoms with Crippen LogP contribution in [-0.4, -0.2) is 27.3 Å². The van der Waals surface area contributed by atoms with Crippen molar-refractivity contribution >= 4 is 11.6 Å². The highest BCUT2D eigenvalue weighted by Crippen LogP contribution is 2.16. The predicted molar refractivity (Wildman–Crippen MR) is 86.7 cm³/mol. The van der Waals surface area contributed by atoms with Gasteiger partial charge in [0.15, 0.2) is 12.4 Å². The minimum atomic E-state index is -0.257. The molecule has 0 saturated carbocycles. The fourth-order valence-electron chi connectivity index (χ4n) is 2.04. The monoisotopic (exact) mass is 308 g/mol. The van der Waals surface area contributed by atoms with E-state index in [1.807, 2.05) is 31.2 Å². The van der Waals surface area contributed by atoms with Crippen LogP contribution in [0.5, 0.6) is 5.75 Å². The average molecular weight is 308 g/mol. The second-order valence-corrected chi connectivity index (χ2v) is 4.98. The van der Waals surface area contributed by atoms with Gasteiger partial charge in [0.1, 0.15) is 5.75 Å². The van der Waals surface area contributed by atoms with Crippen molar-refractivity contribution in [3.8, 4) is 11.6 Å². The van der Waals surface area contributed by atoms with Crippen LogP contribution < -0.4 is 10.1 Å². The van der Waals surface area contributed by atoms with Crippen molar-refractivity contribution < 1.29 is 9.53 Å². The zero-order chi connectivity index (χ0) is 16.1. The molecule has 3 rings (SSSR count). The zero-order valence-electron chi connectivity index (χ0n) is 12.6. The number of amides is 1. The molecule has 23 heavy (non-hydrogen) atoms. The maximum Gasteiger partial charge on any atom is 0.262 e. The Morgan fingerprint density at radius 1 is 1.17 bits per heavy atom. The van der Waals surface area contributed by atoms with Crippen molar-refractivity contribution in [2.75, 3.05) is 11.9 Å². The third-order valence-corrected chi connectivity index (χ3v) is 3.17. The van der Waals surface area contributed by atoms with Gasteiger partial charge in [-0.05, 0) is 37.3 Å². The van der Waals surface area contributed by atoms with Gasteiger partial charge in [0.2, 0.25) is 0 Å². The lowest BCUT2D eigenvalue weighted by atomic mass is 10.2. The van der Waals surface area contributed by atoms with Gasteiger partial charge in [-0.25, -0.2) is 9.67 Å². The molecule has 6 heteroatoms. The van der Waals surface area contributed by atoms with Crippen molar-refractivity contribution in [2.45, 2.75) is 6.92 Å². The van der Waals surface area contributed by atoms with Gasteiger partial charge >= 0.3 is 0 Å². The first-order chi connectivity index (χ1) is 11.2. The molecule has 116 valence electrons. The number of carbonyl (C=O) groups is 1. The fourth-order valence-corrected chi connectivity index (χ4v) is 2.04. The predicted octanol–water partition coefficient (Wildman–Crippen LogP) is 2.59. The van der Waals surface area contributed by atoms with Crippen molar-refractivity contribution in [3.05, 3.63) is 66.6 Å². The number of anilines is 1. The highest BCUT2D eigenvalue weighted by atomic mass is 16.5. The highest BCUT2D eigenvalue weighted by molar-refractivity contribution is 5.93. The van der Waals surface area contributed by atoms with Crippen LogP contribution in [0.4, 0.5) is 5.69 Å². The second kappa shape index (κ2) is 6.74. The molecular weight excluding hydrogens is 292 g/mol. The minimum Gasteiger partial charge on any atom is -0.484 e. The van der Waals surface area contributed by atoms with Gasteiger partial charge in [-0.15, -0.1) is 0 Å². The standard InChI is InChI=1S/C17H16N4O2/c1-13-5-7-14(8-6-13)23-12-16(22)20-15-4-2-9-18-17(15)21-11-3-10-19-21/h2-11H,12H2,1H3,(H,20,22). The average Bonchev–Trinajstić information content (AvgIpc) is 3.09. The van der Waals surface area contributed by atoms with E-state index in [0.29, 0.717) is 17.3 Å². The molecule has 0 aliphatic rings. The Kier molecular flexibility index (Phi) is 4.33. The Morgan fingerprint density at radius 3 is 2.74 bits per heavy atom. The molecule has 0 unspecified atom stereocenters. The van der Waals surface area contributed by atoms with E-state index in [9.17, 15) is 4.79 Å². The summed E-state index contributed by atoms with van der Waals surface area (Å²) >= 11 is 0. The Morgan fingerprint density at radius 2 is 2.00 bits per heavy atom. The summed E-state index contributed by atoms with van der Waals surface area (Å²) in [6, 6.07) is 12.9. The molecule has 0 fully saturated rings. The molecular formula is C17H16N4O2. The lowest BCUT2D eigenvalue weighted by Crippen LogP contribution is -2.21. The van der Waals surface area contributed by atoms with Crippen LogP contribution in [-0.2, 0) is 4.79 Å². The third-order valence-electron chi connectivity index (χ3n) is 3.17. The van der Waals surface area contributed by atoms with Gasteiger partial charge in [-0.2, -0.15) is 5.10 Å². The molecule has 0 aliphatic heterocycles. The van der Waals surface area contributed by atoms with E-state index in [2.05, 4.69) is 15.4 Å². The number of hydrogen-bond donors (Lipinski definition) is 1. The summed E-state index contributed by atoms with van der Waals surface area (Å²) in [6.07, 6.45) is 5.07. The maximum atomic E-state index is 12.1. The van der Waals surface area contributed by atoms with Gasteiger partial charge in [-0.1, -0.05) is 17.7 Å². The molecule has 0 aliphatic carbocycles. The van der Waals surface area contributed by atoms with E-state index >= 15 is 0 Å². The smallest absolute Gasteiger partial charge is 0.262 e. The van der Waals surface area contributed by atoms with E-state index in [4.69, 9.17) is 4.74 Å². The quantitative estimate of drug-likeness (QED) is 0.786. The topological polar surface area (TPSA) is 69.0 Å².